The number of anilines is 1. The van der Waals surface area contributed by atoms with Crippen molar-refractivity contribution in [2.24, 2.45) is 0 Å². The van der Waals surface area contributed by atoms with Crippen molar-refractivity contribution >= 4 is 5.82 Å². The highest BCUT2D eigenvalue weighted by atomic mass is 16.5. The zero-order valence-electron chi connectivity index (χ0n) is 8.49. The van der Waals surface area contributed by atoms with Crippen molar-refractivity contribution in [3.05, 3.63) is 12.4 Å². The van der Waals surface area contributed by atoms with Gasteiger partial charge in [0, 0.05) is 27.2 Å². The van der Waals surface area contributed by atoms with E-state index >= 15 is 0 Å². The molecule has 0 saturated carbocycles. The number of nitrogens with zero attached hydrogens (tertiary/aromatic N) is 2. The third kappa shape index (κ3) is 3.57. The summed E-state index contributed by atoms with van der Waals surface area (Å²) in [6.07, 6.45) is 4.08. The Morgan fingerprint density at radius 3 is 2.93 bits per heavy atom. The van der Waals surface area contributed by atoms with Crippen molar-refractivity contribution in [3.8, 4) is 5.88 Å². The van der Waals surface area contributed by atoms with Crippen molar-refractivity contribution in [3.63, 3.8) is 0 Å². The minimum Gasteiger partial charge on any atom is -0.476 e. The fourth-order valence-electron chi connectivity index (χ4n) is 0.918. The minimum atomic E-state index is 0.535. The Morgan fingerprint density at radius 1 is 1.36 bits per heavy atom. The molecule has 1 N–H and O–H groups in total. The van der Waals surface area contributed by atoms with Gasteiger partial charge in [0.05, 0.1) is 19.0 Å². The Kier molecular flexibility index (Phi) is 4.71. The summed E-state index contributed by atoms with van der Waals surface area (Å²) in [6.45, 7) is 1.29. The summed E-state index contributed by atoms with van der Waals surface area (Å²) in [5.74, 6) is 1.24. The first kappa shape index (κ1) is 10.7. The number of hydrogen-bond donors (Lipinski definition) is 1. The maximum Gasteiger partial charge on any atom is 0.234 e. The number of aromatic nitrogens is 2. The Bertz CT molecular complexity index is 268. The summed E-state index contributed by atoms with van der Waals surface area (Å²) in [5, 5.41) is 2.89. The van der Waals surface area contributed by atoms with Crippen LogP contribution >= 0.6 is 0 Å². The lowest BCUT2D eigenvalue weighted by Crippen LogP contribution is -2.04. The smallest absolute Gasteiger partial charge is 0.234 e. The first-order chi connectivity index (χ1) is 6.86. The number of ether oxygens (including phenoxy) is 2. The zero-order chi connectivity index (χ0) is 10.2. The fourth-order valence-corrected chi connectivity index (χ4v) is 0.918. The topological polar surface area (TPSA) is 56.3 Å². The van der Waals surface area contributed by atoms with Crippen LogP contribution < -0.4 is 10.1 Å². The van der Waals surface area contributed by atoms with Crippen molar-refractivity contribution in [1.29, 1.82) is 0 Å². The van der Waals surface area contributed by atoms with Gasteiger partial charge in [-0.15, -0.1) is 0 Å². The molecule has 1 aromatic heterocycles. The molecule has 1 heterocycles. The van der Waals surface area contributed by atoms with Crippen LogP contribution in [0.15, 0.2) is 12.4 Å². The first-order valence-electron chi connectivity index (χ1n) is 4.48. The Balaban J connectivity index is 2.34. The molecule has 0 aliphatic carbocycles. The minimum absolute atomic E-state index is 0.535. The van der Waals surface area contributed by atoms with Gasteiger partial charge < -0.3 is 14.8 Å². The van der Waals surface area contributed by atoms with E-state index in [9.17, 15) is 0 Å². The molecule has 0 radical (unpaired) electrons. The summed E-state index contributed by atoms with van der Waals surface area (Å²) >= 11 is 0. The molecule has 0 saturated heterocycles. The molecule has 0 amide bonds. The molecule has 5 heteroatoms. The molecule has 1 rings (SSSR count). The van der Waals surface area contributed by atoms with Gasteiger partial charge in [-0.25, -0.2) is 0 Å². The molecule has 0 atom stereocenters. The highest BCUT2D eigenvalue weighted by Gasteiger charge is 1.97. The van der Waals surface area contributed by atoms with Gasteiger partial charge in [0.2, 0.25) is 5.88 Å². The normalized spacial score (nSPS) is 9.86. The fraction of sp³-hybridized carbons (Fsp3) is 0.556. The number of methoxy groups -OCH3 is 1. The van der Waals surface area contributed by atoms with E-state index in [1.165, 1.54) is 0 Å². The van der Waals surface area contributed by atoms with Gasteiger partial charge in [-0.05, 0) is 0 Å². The largest absolute Gasteiger partial charge is 0.476 e. The van der Waals surface area contributed by atoms with Crippen LogP contribution in [0.3, 0.4) is 0 Å². The van der Waals surface area contributed by atoms with Crippen molar-refractivity contribution in [1.82, 2.24) is 9.97 Å². The molecule has 0 bridgehead atoms. The second kappa shape index (κ2) is 6.15. The van der Waals surface area contributed by atoms with Crippen LogP contribution in [0.4, 0.5) is 5.82 Å². The monoisotopic (exact) mass is 197 g/mol. The van der Waals surface area contributed by atoms with E-state index in [0.29, 0.717) is 24.9 Å². The molecular weight excluding hydrogens is 182 g/mol. The number of rotatable bonds is 6. The van der Waals surface area contributed by atoms with E-state index in [-0.39, 0.29) is 0 Å². The maximum absolute atomic E-state index is 5.36. The summed E-state index contributed by atoms with van der Waals surface area (Å²) < 4.78 is 10.3. The molecule has 0 aromatic carbocycles. The van der Waals surface area contributed by atoms with Crippen LogP contribution in [0.1, 0.15) is 6.42 Å². The van der Waals surface area contributed by atoms with Crippen LogP contribution in [-0.2, 0) is 4.74 Å². The molecule has 0 aliphatic rings. The second-order valence-electron chi connectivity index (χ2n) is 2.69. The molecule has 1 aromatic rings. The predicted molar refractivity (Wildman–Crippen MR) is 53.6 cm³/mol. The summed E-state index contributed by atoms with van der Waals surface area (Å²) in [7, 11) is 3.46. The Morgan fingerprint density at radius 2 is 2.21 bits per heavy atom. The van der Waals surface area contributed by atoms with Gasteiger partial charge in [-0.2, -0.15) is 4.98 Å². The van der Waals surface area contributed by atoms with Crippen LogP contribution in [0.2, 0.25) is 0 Å². The van der Waals surface area contributed by atoms with Gasteiger partial charge in [0.1, 0.15) is 5.82 Å². The van der Waals surface area contributed by atoms with Gasteiger partial charge in [-0.3, -0.25) is 4.98 Å². The maximum atomic E-state index is 5.36. The third-order valence-corrected chi connectivity index (χ3v) is 1.61. The van der Waals surface area contributed by atoms with E-state index in [1.807, 2.05) is 0 Å². The lowest BCUT2D eigenvalue weighted by molar-refractivity contribution is 0.170. The molecule has 0 aliphatic heterocycles. The van der Waals surface area contributed by atoms with E-state index in [2.05, 4.69) is 15.3 Å². The van der Waals surface area contributed by atoms with Crippen LogP contribution in [0.5, 0.6) is 5.88 Å². The van der Waals surface area contributed by atoms with Gasteiger partial charge in [-0.1, -0.05) is 0 Å². The summed E-state index contributed by atoms with van der Waals surface area (Å²) in [5.41, 5.74) is 0. The Labute approximate surface area is 83.5 Å². The van der Waals surface area contributed by atoms with Crippen molar-refractivity contribution < 1.29 is 9.47 Å². The molecular formula is C9H15N3O2. The molecule has 0 fully saturated rings. The summed E-state index contributed by atoms with van der Waals surface area (Å²) in [4.78, 5) is 8.13. The van der Waals surface area contributed by atoms with Crippen molar-refractivity contribution in [2.75, 3.05) is 32.7 Å². The Hall–Kier alpha value is -1.36. The van der Waals surface area contributed by atoms with Crippen LogP contribution in [0, 0.1) is 0 Å². The van der Waals surface area contributed by atoms with Crippen LogP contribution in [-0.4, -0.2) is 37.3 Å². The lowest BCUT2D eigenvalue weighted by atomic mass is 10.5. The SMILES string of the molecule is CNc1cncc(OCCCOC)n1. The van der Waals surface area contributed by atoms with Gasteiger partial charge >= 0.3 is 0 Å². The summed E-state index contributed by atoms with van der Waals surface area (Å²) in [6, 6.07) is 0. The predicted octanol–water partition coefficient (Wildman–Crippen LogP) is 0.934. The average molecular weight is 197 g/mol. The third-order valence-electron chi connectivity index (χ3n) is 1.61. The van der Waals surface area contributed by atoms with Gasteiger partial charge in [0.25, 0.3) is 0 Å². The standard InChI is InChI=1S/C9H15N3O2/c1-10-8-6-11-7-9(12-8)14-5-3-4-13-2/h6-7H,3-5H2,1-2H3,(H,10,12). The molecule has 14 heavy (non-hydrogen) atoms. The molecule has 0 spiro atoms. The molecule has 5 nitrogen and oxygen atoms in total. The molecule has 0 unspecified atom stereocenters. The van der Waals surface area contributed by atoms with Crippen LogP contribution in [0.25, 0.3) is 0 Å². The quantitative estimate of drug-likeness (QED) is 0.688. The van der Waals surface area contributed by atoms with E-state index in [4.69, 9.17) is 9.47 Å². The van der Waals surface area contributed by atoms with Gasteiger partial charge in [0.15, 0.2) is 0 Å². The number of nitrogens with one attached hydrogen (secondary N) is 1. The molecule has 78 valence electrons. The highest BCUT2D eigenvalue weighted by molar-refractivity contribution is 5.31. The van der Waals surface area contributed by atoms with Crippen molar-refractivity contribution in [2.45, 2.75) is 6.42 Å². The highest BCUT2D eigenvalue weighted by Crippen LogP contribution is 2.08. The van der Waals surface area contributed by atoms with E-state index in [1.54, 1.807) is 26.6 Å². The van der Waals surface area contributed by atoms with E-state index in [0.717, 1.165) is 6.42 Å². The second-order valence-corrected chi connectivity index (χ2v) is 2.69. The zero-order valence-corrected chi connectivity index (χ0v) is 8.49. The van der Waals surface area contributed by atoms with E-state index < -0.39 is 0 Å². The average Bonchev–Trinajstić information content (AvgIpc) is 2.25. The number of hydrogen-bond acceptors (Lipinski definition) is 5. The lowest BCUT2D eigenvalue weighted by Gasteiger charge is -2.05. The first-order valence-corrected chi connectivity index (χ1v) is 4.48.